The van der Waals surface area contributed by atoms with E-state index in [1.165, 1.54) is 0 Å². The smallest absolute Gasteiger partial charge is 0.318 e. The van der Waals surface area contributed by atoms with Gasteiger partial charge in [-0.15, -0.1) is 0 Å². The van der Waals surface area contributed by atoms with E-state index in [-0.39, 0.29) is 12.8 Å². The van der Waals surface area contributed by atoms with Crippen molar-refractivity contribution >= 4 is 0 Å². The maximum Gasteiger partial charge on any atom is 0.406 e. The maximum atomic E-state index is 12.7. The van der Waals surface area contributed by atoms with Crippen LogP contribution in [-0.2, 0) is 0 Å². The Balaban J connectivity index is 2.67. The topological polar surface area (TPSA) is 26.0 Å². The molecule has 1 fully saturated rings. The van der Waals surface area contributed by atoms with Crippen LogP contribution in [0.25, 0.3) is 0 Å². The molecule has 0 spiro atoms. The molecule has 4 heteroatoms. The number of rotatable bonds is 1. The van der Waals surface area contributed by atoms with Gasteiger partial charge in [0, 0.05) is 0 Å². The lowest BCUT2D eigenvalue weighted by atomic mass is 9.87. The van der Waals surface area contributed by atoms with Gasteiger partial charge < -0.3 is 5.73 Å². The molecule has 1 nitrogen and oxygen atoms in total. The fourth-order valence-electron chi connectivity index (χ4n) is 2.34. The molecule has 15 heavy (non-hydrogen) atoms. The highest BCUT2D eigenvalue weighted by Crippen LogP contribution is 2.41. The van der Waals surface area contributed by atoms with Gasteiger partial charge in [0.2, 0.25) is 0 Å². The van der Waals surface area contributed by atoms with Crippen LogP contribution < -0.4 is 5.73 Å². The molecular formula is C11H20F3N. The second kappa shape index (κ2) is 4.32. The predicted octanol–water partition coefficient (Wildman–Crippen LogP) is 3.48. The highest BCUT2D eigenvalue weighted by Gasteiger charge is 2.51. The molecule has 2 N–H and O–H groups in total. The summed E-state index contributed by atoms with van der Waals surface area (Å²) in [5.41, 5.74) is 3.54. The number of halogens is 3. The van der Waals surface area contributed by atoms with Crippen molar-refractivity contribution in [3.05, 3.63) is 0 Å². The van der Waals surface area contributed by atoms with Gasteiger partial charge in [-0.05, 0) is 31.1 Å². The van der Waals surface area contributed by atoms with Gasteiger partial charge in [0.15, 0.2) is 0 Å². The molecule has 0 amide bonds. The quantitative estimate of drug-likeness (QED) is 0.677. The lowest BCUT2D eigenvalue weighted by Gasteiger charge is -2.30. The first-order valence-corrected chi connectivity index (χ1v) is 5.62. The number of hydrogen-bond acceptors (Lipinski definition) is 1. The fraction of sp³-hybridized carbons (Fsp3) is 1.00. The van der Waals surface area contributed by atoms with E-state index in [2.05, 4.69) is 13.8 Å². The van der Waals surface area contributed by atoms with E-state index in [0.717, 1.165) is 6.42 Å². The predicted molar refractivity (Wildman–Crippen MR) is 54.4 cm³/mol. The lowest BCUT2D eigenvalue weighted by molar-refractivity contribution is -0.189. The third-order valence-corrected chi connectivity index (χ3v) is 3.67. The highest BCUT2D eigenvalue weighted by molar-refractivity contribution is 4.94. The highest BCUT2D eigenvalue weighted by atomic mass is 19.4. The van der Waals surface area contributed by atoms with Crippen LogP contribution in [0.4, 0.5) is 13.2 Å². The van der Waals surface area contributed by atoms with E-state index in [1.807, 2.05) is 0 Å². The zero-order chi connectivity index (χ0) is 11.7. The normalized spacial score (nSPS) is 34.2. The molecule has 0 saturated heterocycles. The first-order chi connectivity index (χ1) is 6.76. The van der Waals surface area contributed by atoms with Crippen LogP contribution in [-0.4, -0.2) is 11.7 Å². The fourth-order valence-corrected chi connectivity index (χ4v) is 2.34. The largest absolute Gasteiger partial charge is 0.406 e. The standard InChI is InChI=1S/C11H20F3N/c1-8(2)9-4-3-6-10(15,7-5-9)11(12,13)14/h8-9H,3-7,15H2,1-2H3/t9-,10+/m1/s1. The molecule has 0 aromatic heterocycles. The Kier molecular flexibility index (Phi) is 3.69. The molecule has 0 aliphatic heterocycles. The molecule has 0 aromatic rings. The van der Waals surface area contributed by atoms with E-state index < -0.39 is 11.7 Å². The molecule has 0 aromatic carbocycles. The summed E-state index contributed by atoms with van der Waals surface area (Å²) in [5, 5.41) is 0. The Labute approximate surface area is 89.2 Å². The van der Waals surface area contributed by atoms with Gasteiger partial charge in [0.05, 0.1) is 0 Å². The lowest BCUT2D eigenvalue weighted by Crippen LogP contribution is -2.53. The summed E-state index contributed by atoms with van der Waals surface area (Å²) in [6, 6.07) is 0. The summed E-state index contributed by atoms with van der Waals surface area (Å²) in [6.45, 7) is 4.14. The molecular weight excluding hydrogens is 203 g/mol. The Bertz CT molecular complexity index is 212. The molecule has 2 atom stereocenters. The van der Waals surface area contributed by atoms with Crippen LogP contribution in [0.1, 0.15) is 46.0 Å². The van der Waals surface area contributed by atoms with Gasteiger partial charge >= 0.3 is 6.18 Å². The summed E-state index contributed by atoms with van der Waals surface area (Å²) in [6.07, 6.45) is -2.00. The van der Waals surface area contributed by atoms with Crippen molar-refractivity contribution < 1.29 is 13.2 Å². The van der Waals surface area contributed by atoms with E-state index in [9.17, 15) is 13.2 Å². The second-order valence-electron chi connectivity index (χ2n) is 5.09. The second-order valence-corrected chi connectivity index (χ2v) is 5.09. The van der Waals surface area contributed by atoms with E-state index in [0.29, 0.717) is 24.7 Å². The van der Waals surface area contributed by atoms with Crippen LogP contribution in [0.3, 0.4) is 0 Å². The molecule has 1 aliphatic rings. The Morgan fingerprint density at radius 3 is 2.27 bits per heavy atom. The number of hydrogen-bond donors (Lipinski definition) is 1. The van der Waals surface area contributed by atoms with E-state index in [4.69, 9.17) is 5.73 Å². The van der Waals surface area contributed by atoms with Gasteiger partial charge in [0.25, 0.3) is 0 Å². The van der Waals surface area contributed by atoms with Crippen molar-refractivity contribution in [1.82, 2.24) is 0 Å². The van der Waals surface area contributed by atoms with Crippen molar-refractivity contribution in [3.63, 3.8) is 0 Å². The zero-order valence-electron chi connectivity index (χ0n) is 9.40. The summed E-state index contributed by atoms with van der Waals surface area (Å²) < 4.78 is 38.1. The first-order valence-electron chi connectivity index (χ1n) is 5.62. The maximum absolute atomic E-state index is 12.7. The van der Waals surface area contributed by atoms with Gasteiger partial charge in [-0.25, -0.2) is 0 Å². The summed E-state index contributed by atoms with van der Waals surface area (Å²) in [5.74, 6) is 0.860. The average molecular weight is 223 g/mol. The minimum absolute atomic E-state index is 0.0827. The molecule has 1 rings (SSSR count). The molecule has 1 saturated carbocycles. The summed E-state index contributed by atoms with van der Waals surface area (Å²) in [7, 11) is 0. The number of alkyl halides is 3. The van der Waals surface area contributed by atoms with Gasteiger partial charge in [-0.3, -0.25) is 0 Å². The van der Waals surface area contributed by atoms with Crippen LogP contribution in [0.15, 0.2) is 0 Å². The molecule has 1 aliphatic carbocycles. The average Bonchev–Trinajstić information content (AvgIpc) is 2.26. The zero-order valence-corrected chi connectivity index (χ0v) is 9.40. The van der Waals surface area contributed by atoms with Gasteiger partial charge in [-0.1, -0.05) is 26.7 Å². The van der Waals surface area contributed by atoms with Crippen LogP contribution in [0.5, 0.6) is 0 Å². The number of nitrogens with two attached hydrogens (primary N) is 1. The first kappa shape index (κ1) is 12.8. The van der Waals surface area contributed by atoms with Crippen molar-refractivity contribution in [1.29, 1.82) is 0 Å². The molecule has 0 heterocycles. The molecule has 0 radical (unpaired) electrons. The van der Waals surface area contributed by atoms with Crippen LogP contribution >= 0.6 is 0 Å². The van der Waals surface area contributed by atoms with Crippen molar-refractivity contribution in [2.75, 3.05) is 0 Å². The third kappa shape index (κ3) is 2.86. The van der Waals surface area contributed by atoms with E-state index in [1.54, 1.807) is 0 Å². The summed E-state index contributed by atoms with van der Waals surface area (Å²) in [4.78, 5) is 0. The van der Waals surface area contributed by atoms with Gasteiger partial charge in [-0.2, -0.15) is 13.2 Å². The minimum atomic E-state index is -4.25. The van der Waals surface area contributed by atoms with Crippen molar-refractivity contribution in [3.8, 4) is 0 Å². The Morgan fingerprint density at radius 1 is 1.20 bits per heavy atom. The third-order valence-electron chi connectivity index (χ3n) is 3.67. The van der Waals surface area contributed by atoms with Gasteiger partial charge in [0.1, 0.15) is 5.54 Å². The molecule has 90 valence electrons. The minimum Gasteiger partial charge on any atom is -0.318 e. The Morgan fingerprint density at radius 2 is 1.80 bits per heavy atom. The monoisotopic (exact) mass is 223 g/mol. The molecule has 0 bridgehead atoms. The van der Waals surface area contributed by atoms with Crippen molar-refractivity contribution in [2.45, 2.75) is 57.7 Å². The SMILES string of the molecule is CC(C)[C@@H]1CCC[C@@](N)(C(F)(F)F)CC1. The Hall–Kier alpha value is -0.250. The van der Waals surface area contributed by atoms with Crippen molar-refractivity contribution in [2.24, 2.45) is 17.6 Å². The summed E-state index contributed by atoms with van der Waals surface area (Å²) >= 11 is 0. The van der Waals surface area contributed by atoms with Crippen LogP contribution in [0, 0.1) is 11.8 Å². The van der Waals surface area contributed by atoms with E-state index >= 15 is 0 Å². The van der Waals surface area contributed by atoms with Crippen LogP contribution in [0.2, 0.25) is 0 Å². The molecule has 0 unspecified atom stereocenters.